The number of carbonyl (C=O) groups excluding carboxylic acids is 3. The van der Waals surface area contributed by atoms with E-state index in [1.165, 1.54) is 6.42 Å². The van der Waals surface area contributed by atoms with Crippen LogP contribution in [0.1, 0.15) is 114 Å². The number of benzene rings is 2. The van der Waals surface area contributed by atoms with E-state index >= 15 is 0 Å². The number of nitrogen functional groups attached to an aromatic ring is 2. The molecule has 0 saturated carbocycles. The summed E-state index contributed by atoms with van der Waals surface area (Å²) in [5, 5.41) is 0. The number of esters is 3. The van der Waals surface area contributed by atoms with E-state index in [0.29, 0.717) is 31.6 Å². The number of rotatable bonds is 27. The summed E-state index contributed by atoms with van der Waals surface area (Å²) in [7, 11) is 0. The molecule has 0 heterocycles. The Bertz CT molecular complexity index is 1120. The summed E-state index contributed by atoms with van der Waals surface area (Å²) in [6.45, 7) is 2.27. The van der Waals surface area contributed by atoms with Crippen LogP contribution in [0.15, 0.2) is 48.5 Å². The molecule has 262 valence electrons. The Morgan fingerprint density at radius 2 is 1.02 bits per heavy atom. The van der Waals surface area contributed by atoms with Gasteiger partial charge < -0.3 is 30.4 Å². The number of carbonyl (C=O) groups is 3. The second-order valence-corrected chi connectivity index (χ2v) is 12.2. The third-order valence-corrected chi connectivity index (χ3v) is 8.04. The molecule has 0 aliphatic carbocycles. The van der Waals surface area contributed by atoms with E-state index in [-0.39, 0.29) is 31.9 Å². The van der Waals surface area contributed by atoms with Crippen LogP contribution < -0.4 is 11.5 Å². The maximum absolute atomic E-state index is 12.4. The Hall–Kier alpha value is -3.59. The molecular weight excluding hydrogens is 596 g/mol. The fourth-order valence-electron chi connectivity index (χ4n) is 5.25. The van der Waals surface area contributed by atoms with E-state index < -0.39 is 11.9 Å². The predicted octanol–water partition coefficient (Wildman–Crippen LogP) is 7.52. The van der Waals surface area contributed by atoms with Crippen LogP contribution in [0, 0.1) is 0 Å². The zero-order chi connectivity index (χ0) is 34.0. The van der Waals surface area contributed by atoms with Crippen molar-refractivity contribution >= 4 is 29.3 Å². The second-order valence-electron chi connectivity index (χ2n) is 12.2. The lowest BCUT2D eigenvalue weighted by atomic mass is 10.0. The van der Waals surface area contributed by atoms with Crippen molar-refractivity contribution in [2.75, 3.05) is 37.9 Å². The van der Waals surface area contributed by atoms with Gasteiger partial charge in [-0.25, -0.2) is 9.59 Å². The summed E-state index contributed by atoms with van der Waals surface area (Å²) in [6.07, 6.45) is 16.4. The summed E-state index contributed by atoms with van der Waals surface area (Å²) < 4.78 is 21.6. The van der Waals surface area contributed by atoms with Crippen LogP contribution in [0.5, 0.6) is 0 Å². The van der Waals surface area contributed by atoms with Crippen molar-refractivity contribution in [2.45, 2.75) is 122 Å². The molecule has 0 aromatic heterocycles. The Morgan fingerprint density at radius 3 is 1.55 bits per heavy atom. The largest absolute Gasteiger partial charge is 0.465 e. The second kappa shape index (κ2) is 25.5. The predicted molar refractivity (Wildman–Crippen MR) is 187 cm³/mol. The highest BCUT2D eigenvalue weighted by Crippen LogP contribution is 2.17. The molecule has 4 N–H and O–H groups in total. The van der Waals surface area contributed by atoms with Crippen molar-refractivity contribution in [1.29, 1.82) is 0 Å². The Kier molecular flexibility index (Phi) is 21.5. The first kappa shape index (κ1) is 39.6. The average Bonchev–Trinajstić information content (AvgIpc) is 3.05. The van der Waals surface area contributed by atoms with Gasteiger partial charge in [0.25, 0.3) is 0 Å². The van der Waals surface area contributed by atoms with E-state index in [0.717, 1.165) is 100 Å². The standard InChI is InChI=1S/C38H58N2O7/c1-2-3-4-11-14-35(47-38(43)30-44-29-37(42)46-28-26-32-19-23-34(40)24-20-32)15-12-9-7-5-6-8-10-13-16-36(41)45-27-25-31-17-21-33(39)22-18-31/h17-24,35H,2-16,25-30,39-40H2,1H3/t35-/m1/s1. The summed E-state index contributed by atoms with van der Waals surface area (Å²) in [4.78, 5) is 36.4. The molecule has 0 aliphatic rings. The van der Waals surface area contributed by atoms with Gasteiger partial charge in [-0.05, 0) is 67.5 Å². The number of anilines is 2. The van der Waals surface area contributed by atoms with Crippen molar-refractivity contribution in [3.8, 4) is 0 Å². The van der Waals surface area contributed by atoms with Crippen LogP contribution in [0.4, 0.5) is 11.4 Å². The van der Waals surface area contributed by atoms with Gasteiger partial charge >= 0.3 is 17.9 Å². The topological polar surface area (TPSA) is 140 Å². The monoisotopic (exact) mass is 654 g/mol. The first-order valence-electron chi connectivity index (χ1n) is 17.6. The Labute approximate surface area is 282 Å². The van der Waals surface area contributed by atoms with E-state index in [4.69, 9.17) is 30.4 Å². The van der Waals surface area contributed by atoms with Crippen molar-refractivity contribution < 1.29 is 33.3 Å². The molecular formula is C38H58N2O7. The molecule has 0 radical (unpaired) electrons. The van der Waals surface area contributed by atoms with E-state index in [2.05, 4.69) is 6.92 Å². The maximum Gasteiger partial charge on any atom is 0.332 e. The quantitative estimate of drug-likeness (QED) is 0.0433. The molecule has 0 bridgehead atoms. The van der Waals surface area contributed by atoms with Crippen LogP contribution in [-0.2, 0) is 46.2 Å². The molecule has 47 heavy (non-hydrogen) atoms. The van der Waals surface area contributed by atoms with E-state index in [1.54, 1.807) is 0 Å². The normalized spacial score (nSPS) is 11.6. The van der Waals surface area contributed by atoms with Gasteiger partial charge in [0.15, 0.2) is 0 Å². The summed E-state index contributed by atoms with van der Waals surface area (Å²) >= 11 is 0. The fraction of sp³-hybridized carbons (Fsp3) is 0.605. The van der Waals surface area contributed by atoms with Gasteiger partial charge in [-0.2, -0.15) is 0 Å². The molecule has 2 aromatic carbocycles. The first-order chi connectivity index (χ1) is 22.9. The number of hydrogen-bond acceptors (Lipinski definition) is 9. The lowest BCUT2D eigenvalue weighted by molar-refractivity contribution is -0.159. The Balaban J connectivity index is 1.49. The van der Waals surface area contributed by atoms with Crippen LogP contribution in [0.3, 0.4) is 0 Å². The lowest BCUT2D eigenvalue weighted by Crippen LogP contribution is -2.24. The summed E-state index contributed by atoms with van der Waals surface area (Å²) in [6, 6.07) is 15.0. The van der Waals surface area contributed by atoms with Gasteiger partial charge in [-0.1, -0.05) is 89.0 Å². The highest BCUT2D eigenvalue weighted by Gasteiger charge is 2.15. The number of nitrogens with two attached hydrogens (primary N) is 2. The third kappa shape index (κ3) is 21.0. The highest BCUT2D eigenvalue weighted by molar-refractivity contribution is 5.73. The number of ether oxygens (including phenoxy) is 4. The lowest BCUT2D eigenvalue weighted by Gasteiger charge is -2.18. The molecule has 9 heteroatoms. The Morgan fingerprint density at radius 1 is 0.574 bits per heavy atom. The minimum absolute atomic E-state index is 0.124. The van der Waals surface area contributed by atoms with Crippen LogP contribution >= 0.6 is 0 Å². The van der Waals surface area contributed by atoms with Crippen molar-refractivity contribution in [3.63, 3.8) is 0 Å². The smallest absolute Gasteiger partial charge is 0.332 e. The molecule has 0 unspecified atom stereocenters. The van der Waals surface area contributed by atoms with Gasteiger partial charge in [0, 0.05) is 30.6 Å². The van der Waals surface area contributed by atoms with Crippen molar-refractivity contribution in [1.82, 2.24) is 0 Å². The third-order valence-electron chi connectivity index (χ3n) is 8.04. The van der Waals surface area contributed by atoms with E-state index in [9.17, 15) is 14.4 Å². The number of unbranched alkanes of at least 4 members (excludes halogenated alkanes) is 10. The van der Waals surface area contributed by atoms with Gasteiger partial charge in [-0.15, -0.1) is 0 Å². The molecule has 0 aliphatic heterocycles. The molecule has 0 saturated heterocycles. The van der Waals surface area contributed by atoms with Crippen LogP contribution in [-0.4, -0.2) is 50.4 Å². The van der Waals surface area contributed by atoms with Gasteiger partial charge in [0.05, 0.1) is 13.2 Å². The van der Waals surface area contributed by atoms with Crippen molar-refractivity contribution in [3.05, 3.63) is 59.7 Å². The van der Waals surface area contributed by atoms with Gasteiger partial charge in [-0.3, -0.25) is 4.79 Å². The maximum atomic E-state index is 12.4. The van der Waals surface area contributed by atoms with Crippen LogP contribution in [0.2, 0.25) is 0 Å². The highest BCUT2D eigenvalue weighted by atomic mass is 16.6. The summed E-state index contributed by atoms with van der Waals surface area (Å²) in [5.41, 5.74) is 14.9. The fourth-order valence-corrected chi connectivity index (χ4v) is 5.25. The molecule has 0 amide bonds. The zero-order valence-electron chi connectivity index (χ0n) is 28.6. The molecule has 1 atom stereocenters. The zero-order valence-corrected chi connectivity index (χ0v) is 28.6. The average molecular weight is 655 g/mol. The molecule has 0 fully saturated rings. The van der Waals surface area contributed by atoms with Crippen LogP contribution in [0.25, 0.3) is 0 Å². The van der Waals surface area contributed by atoms with Gasteiger partial charge in [0.1, 0.15) is 19.3 Å². The SMILES string of the molecule is CCCCCC[C@H](CCCCCCCCCCC(=O)OCCc1ccc(N)cc1)OC(=O)COCC(=O)OCCc1ccc(N)cc1. The van der Waals surface area contributed by atoms with Gasteiger partial charge in [0.2, 0.25) is 0 Å². The molecule has 0 spiro atoms. The van der Waals surface area contributed by atoms with Crippen molar-refractivity contribution in [2.24, 2.45) is 0 Å². The minimum Gasteiger partial charge on any atom is -0.465 e. The van der Waals surface area contributed by atoms with E-state index in [1.807, 2.05) is 48.5 Å². The molecule has 9 nitrogen and oxygen atoms in total. The molecule has 2 rings (SSSR count). The summed E-state index contributed by atoms with van der Waals surface area (Å²) in [5.74, 6) is -1.07. The number of hydrogen-bond donors (Lipinski definition) is 2. The molecule has 2 aromatic rings. The minimum atomic E-state index is -0.506. The first-order valence-corrected chi connectivity index (χ1v) is 17.6.